The molecule has 3 N–H and O–H groups in total. The summed E-state index contributed by atoms with van der Waals surface area (Å²) >= 11 is 0. The second-order valence-corrected chi connectivity index (χ2v) is 9.86. The van der Waals surface area contributed by atoms with E-state index in [1.54, 1.807) is 13.8 Å². The number of rotatable bonds is 6. The zero-order valence-corrected chi connectivity index (χ0v) is 19.4. The molecule has 0 aliphatic heterocycles. The van der Waals surface area contributed by atoms with Gasteiger partial charge in [0.2, 0.25) is 16.0 Å². The number of nitrogens with one attached hydrogen (secondary N) is 1. The molecule has 0 bridgehead atoms. The van der Waals surface area contributed by atoms with Crippen LogP contribution in [0.2, 0.25) is 0 Å². The summed E-state index contributed by atoms with van der Waals surface area (Å²) in [5.41, 5.74) is 4.16. The van der Waals surface area contributed by atoms with Crippen LogP contribution in [0.1, 0.15) is 25.5 Å². The van der Waals surface area contributed by atoms with E-state index in [-0.39, 0.29) is 28.4 Å². The van der Waals surface area contributed by atoms with E-state index in [0.29, 0.717) is 5.39 Å². The number of pyridine rings is 1. The number of sulfonamides is 1. The van der Waals surface area contributed by atoms with E-state index in [4.69, 9.17) is 5.73 Å². The van der Waals surface area contributed by atoms with Gasteiger partial charge in [0.15, 0.2) is 0 Å². The molecule has 0 aliphatic carbocycles. The Morgan fingerprint density at radius 2 is 1.69 bits per heavy atom. The predicted molar refractivity (Wildman–Crippen MR) is 127 cm³/mol. The van der Waals surface area contributed by atoms with Crippen LogP contribution in [0.5, 0.6) is 0 Å². The number of hydrogen-bond donors (Lipinski definition) is 2. The topological polar surface area (TPSA) is 120 Å². The van der Waals surface area contributed by atoms with Gasteiger partial charge in [-0.05, 0) is 49.7 Å². The number of nitrogens with two attached hydrogens (primary N) is 1. The molecule has 0 saturated carbocycles. The number of anilines is 2. The second kappa shape index (κ2) is 9.02. The first kappa shape index (κ1) is 24.2. The molecule has 8 nitrogen and oxygen atoms in total. The van der Waals surface area contributed by atoms with Gasteiger partial charge in [-0.3, -0.25) is 14.1 Å². The van der Waals surface area contributed by atoms with Crippen LogP contribution < -0.4 is 16.0 Å². The van der Waals surface area contributed by atoms with Gasteiger partial charge in [0.05, 0.1) is 22.6 Å². The molecule has 4 aromatic rings. The van der Waals surface area contributed by atoms with Gasteiger partial charge < -0.3 is 5.73 Å². The average Bonchev–Trinajstić information content (AvgIpc) is 2.74. The Bertz CT molecular complexity index is 1580. The van der Waals surface area contributed by atoms with Gasteiger partial charge in [0.1, 0.15) is 23.1 Å². The Balaban J connectivity index is 1.75. The monoisotopic (exact) mass is 503 g/mol. The normalized spacial score (nSPS) is 11.8. The van der Waals surface area contributed by atoms with E-state index in [0.717, 1.165) is 24.3 Å². The molecule has 2 aromatic heterocycles. The number of aromatic nitrogens is 3. The molecule has 0 fully saturated rings. The highest BCUT2D eigenvalue weighted by Crippen LogP contribution is 2.30. The Labute approximate surface area is 198 Å². The molecular formula is C23H20F3N5O3S. The van der Waals surface area contributed by atoms with Crippen molar-refractivity contribution in [1.29, 1.82) is 0 Å². The fraction of sp³-hybridized carbons (Fsp3) is 0.174. The maximum absolute atomic E-state index is 15.1. The molecule has 4 rings (SSSR count). The van der Waals surface area contributed by atoms with Gasteiger partial charge in [-0.15, -0.1) is 0 Å². The van der Waals surface area contributed by atoms with Crippen LogP contribution >= 0.6 is 0 Å². The summed E-state index contributed by atoms with van der Waals surface area (Å²) in [6.07, 6.45) is 1.34. The van der Waals surface area contributed by atoms with Gasteiger partial charge in [0.25, 0.3) is 5.56 Å². The van der Waals surface area contributed by atoms with Crippen molar-refractivity contribution in [2.45, 2.75) is 25.6 Å². The zero-order chi connectivity index (χ0) is 25.5. The van der Waals surface area contributed by atoms with Gasteiger partial charge in [-0.1, -0.05) is 12.1 Å². The SMILES string of the molecule is CC(C)n1c(=O)c(-c2c(F)cc(NS(=O)(=O)Cc3ccc(F)cc3)cc2F)cc2cnc(N)nc21. The summed E-state index contributed by atoms with van der Waals surface area (Å²) < 4.78 is 71.5. The molecule has 2 aromatic carbocycles. The van der Waals surface area contributed by atoms with Crippen molar-refractivity contribution in [3.05, 3.63) is 82.0 Å². The first-order valence-electron chi connectivity index (χ1n) is 10.4. The Morgan fingerprint density at radius 1 is 1.06 bits per heavy atom. The third-order valence-electron chi connectivity index (χ3n) is 5.16. The van der Waals surface area contributed by atoms with E-state index in [9.17, 15) is 17.6 Å². The van der Waals surface area contributed by atoms with Crippen LogP contribution in [0, 0.1) is 17.5 Å². The number of halogens is 3. The minimum Gasteiger partial charge on any atom is -0.368 e. The minimum absolute atomic E-state index is 0.0614. The third-order valence-corrected chi connectivity index (χ3v) is 6.42. The standard InChI is InChI=1S/C23H20F3N5O3S/c1-12(2)31-21-14(10-28-23(27)29-21)7-17(22(31)32)20-18(25)8-16(9-19(20)26)30-35(33,34)11-13-3-5-15(24)6-4-13/h3-10,12,30H,11H2,1-2H3,(H2,27,28,29). The summed E-state index contributed by atoms with van der Waals surface area (Å²) in [4.78, 5) is 21.1. The molecule has 0 radical (unpaired) electrons. The first-order valence-corrected chi connectivity index (χ1v) is 12.0. The van der Waals surface area contributed by atoms with Crippen LogP contribution in [0.3, 0.4) is 0 Å². The lowest BCUT2D eigenvalue weighted by molar-refractivity contribution is 0.581. The quantitative estimate of drug-likeness (QED) is 0.411. The summed E-state index contributed by atoms with van der Waals surface area (Å²) in [6, 6.07) is 7.19. The fourth-order valence-corrected chi connectivity index (χ4v) is 4.88. The Kier molecular flexibility index (Phi) is 6.24. The van der Waals surface area contributed by atoms with E-state index >= 15 is 8.78 Å². The number of benzene rings is 2. The van der Waals surface area contributed by atoms with Crippen molar-refractivity contribution in [2.75, 3.05) is 10.5 Å². The number of nitrogen functional groups attached to an aromatic ring is 1. The van der Waals surface area contributed by atoms with E-state index in [1.165, 1.54) is 29.0 Å². The molecule has 182 valence electrons. The summed E-state index contributed by atoms with van der Waals surface area (Å²) in [5, 5.41) is 0.338. The smallest absolute Gasteiger partial charge is 0.260 e. The number of fused-ring (bicyclic) bond motifs is 1. The van der Waals surface area contributed by atoms with Gasteiger partial charge >= 0.3 is 0 Å². The van der Waals surface area contributed by atoms with E-state index < -0.39 is 50.4 Å². The van der Waals surface area contributed by atoms with Crippen LogP contribution in [0.25, 0.3) is 22.2 Å². The van der Waals surface area contributed by atoms with Crippen LogP contribution in [0.15, 0.2) is 53.5 Å². The third kappa shape index (κ3) is 4.97. The second-order valence-electron chi connectivity index (χ2n) is 8.14. The lowest BCUT2D eigenvalue weighted by atomic mass is 10.0. The molecule has 35 heavy (non-hydrogen) atoms. The molecule has 0 unspecified atom stereocenters. The molecular weight excluding hydrogens is 483 g/mol. The summed E-state index contributed by atoms with van der Waals surface area (Å²) in [5.74, 6) is -3.42. The summed E-state index contributed by atoms with van der Waals surface area (Å²) in [7, 11) is -4.07. The summed E-state index contributed by atoms with van der Waals surface area (Å²) in [6.45, 7) is 3.41. The lowest BCUT2D eigenvalue weighted by Crippen LogP contribution is -2.25. The fourth-order valence-electron chi connectivity index (χ4n) is 3.70. The van der Waals surface area contributed by atoms with Crippen molar-refractivity contribution in [3.8, 4) is 11.1 Å². The van der Waals surface area contributed by atoms with Crippen LogP contribution in [0.4, 0.5) is 24.8 Å². The average molecular weight is 504 g/mol. The molecule has 0 saturated heterocycles. The Hall–Kier alpha value is -3.93. The number of hydrogen-bond acceptors (Lipinski definition) is 6. The van der Waals surface area contributed by atoms with Crippen molar-refractivity contribution in [3.63, 3.8) is 0 Å². The van der Waals surface area contributed by atoms with E-state index in [2.05, 4.69) is 14.7 Å². The highest BCUT2D eigenvalue weighted by atomic mass is 32.2. The molecule has 0 amide bonds. The molecule has 0 atom stereocenters. The van der Waals surface area contributed by atoms with Crippen LogP contribution in [-0.2, 0) is 15.8 Å². The maximum Gasteiger partial charge on any atom is 0.260 e. The lowest BCUT2D eigenvalue weighted by Gasteiger charge is -2.16. The molecule has 12 heteroatoms. The largest absolute Gasteiger partial charge is 0.368 e. The highest BCUT2D eigenvalue weighted by Gasteiger charge is 2.22. The molecule has 2 heterocycles. The minimum atomic E-state index is -4.07. The molecule has 0 spiro atoms. The maximum atomic E-state index is 15.1. The first-order chi connectivity index (χ1) is 16.4. The van der Waals surface area contributed by atoms with Crippen molar-refractivity contribution >= 4 is 32.7 Å². The van der Waals surface area contributed by atoms with Gasteiger partial charge in [0, 0.05) is 17.6 Å². The Morgan fingerprint density at radius 3 is 2.29 bits per heavy atom. The van der Waals surface area contributed by atoms with E-state index in [1.807, 2.05) is 0 Å². The van der Waals surface area contributed by atoms with Crippen molar-refractivity contribution in [2.24, 2.45) is 0 Å². The van der Waals surface area contributed by atoms with Crippen molar-refractivity contribution in [1.82, 2.24) is 14.5 Å². The number of nitrogens with zero attached hydrogens (tertiary/aromatic N) is 3. The van der Waals surface area contributed by atoms with Crippen LogP contribution in [-0.4, -0.2) is 23.0 Å². The van der Waals surface area contributed by atoms with Gasteiger partial charge in [-0.2, -0.15) is 4.98 Å². The van der Waals surface area contributed by atoms with Crippen molar-refractivity contribution < 1.29 is 21.6 Å². The predicted octanol–water partition coefficient (Wildman–Crippen LogP) is 3.98. The zero-order valence-electron chi connectivity index (χ0n) is 18.6. The molecule has 0 aliphatic rings. The van der Waals surface area contributed by atoms with Gasteiger partial charge in [-0.25, -0.2) is 26.6 Å². The highest BCUT2D eigenvalue weighted by molar-refractivity contribution is 7.91.